The number of rotatable bonds is 4. The third-order valence-electron chi connectivity index (χ3n) is 3.13. The van der Waals surface area contributed by atoms with Crippen molar-refractivity contribution in [1.29, 1.82) is 0 Å². The molecule has 0 N–H and O–H groups in total. The Balaban J connectivity index is 2.13. The molecule has 6 nitrogen and oxygen atoms in total. The van der Waals surface area contributed by atoms with Crippen LogP contribution < -0.4 is 0 Å². The molecule has 0 bridgehead atoms. The molecule has 1 amide bonds. The number of aromatic nitrogens is 2. The Morgan fingerprint density at radius 2 is 2.22 bits per heavy atom. The van der Waals surface area contributed by atoms with E-state index in [4.69, 9.17) is 0 Å². The van der Waals surface area contributed by atoms with E-state index in [1.165, 1.54) is 7.11 Å². The Morgan fingerprint density at radius 1 is 1.50 bits per heavy atom. The summed E-state index contributed by atoms with van der Waals surface area (Å²) in [5.74, 6) is -0.639. The molecule has 7 heteroatoms. The number of esters is 1. The van der Waals surface area contributed by atoms with Gasteiger partial charge in [-0.15, -0.1) is 5.10 Å². The summed E-state index contributed by atoms with van der Waals surface area (Å²) >= 11 is 1.13. The van der Waals surface area contributed by atoms with E-state index in [1.54, 1.807) is 10.3 Å². The van der Waals surface area contributed by atoms with Gasteiger partial charge in [0.15, 0.2) is 5.69 Å². The first-order valence-electron chi connectivity index (χ1n) is 5.87. The zero-order valence-electron chi connectivity index (χ0n) is 10.2. The van der Waals surface area contributed by atoms with E-state index in [9.17, 15) is 9.59 Å². The number of ether oxygens (including phenoxy) is 1. The molecular weight excluding hydrogens is 254 g/mol. The Bertz CT molecular complexity index is 415. The number of amides is 1. The molecule has 1 fully saturated rings. The van der Waals surface area contributed by atoms with Gasteiger partial charge in [0.2, 0.25) is 0 Å². The minimum absolute atomic E-state index is 0.0163. The van der Waals surface area contributed by atoms with Gasteiger partial charge in [0.1, 0.15) is 6.54 Å². The van der Waals surface area contributed by atoms with Crippen LogP contribution in [0, 0.1) is 0 Å². The Labute approximate surface area is 109 Å². The fourth-order valence-corrected chi connectivity index (χ4v) is 2.62. The van der Waals surface area contributed by atoms with Crippen LogP contribution in [0.2, 0.25) is 0 Å². The zero-order valence-corrected chi connectivity index (χ0v) is 11.0. The van der Waals surface area contributed by atoms with E-state index in [2.05, 4.69) is 14.3 Å². The molecule has 18 heavy (non-hydrogen) atoms. The average molecular weight is 269 g/mol. The third kappa shape index (κ3) is 2.84. The lowest BCUT2D eigenvalue weighted by Gasteiger charge is -2.26. The van der Waals surface area contributed by atoms with Crippen molar-refractivity contribution in [1.82, 2.24) is 14.5 Å². The molecule has 1 aromatic rings. The molecule has 0 radical (unpaired) electrons. The van der Waals surface area contributed by atoms with E-state index < -0.39 is 5.97 Å². The number of nitrogens with zero attached hydrogens (tertiary/aromatic N) is 3. The highest BCUT2D eigenvalue weighted by Gasteiger charge is 2.30. The van der Waals surface area contributed by atoms with Crippen LogP contribution in [-0.2, 0) is 9.53 Å². The van der Waals surface area contributed by atoms with Crippen molar-refractivity contribution in [2.24, 2.45) is 0 Å². The number of carbonyl (C=O) groups is 2. The molecule has 98 valence electrons. The van der Waals surface area contributed by atoms with Gasteiger partial charge >= 0.3 is 5.97 Å². The van der Waals surface area contributed by atoms with Crippen molar-refractivity contribution < 1.29 is 14.3 Å². The molecule has 1 heterocycles. The molecule has 0 atom stereocenters. The molecule has 2 rings (SSSR count). The second kappa shape index (κ2) is 5.90. The summed E-state index contributed by atoms with van der Waals surface area (Å²) < 4.78 is 8.32. The van der Waals surface area contributed by atoms with Gasteiger partial charge < -0.3 is 9.64 Å². The summed E-state index contributed by atoms with van der Waals surface area (Å²) in [6.45, 7) is -0.0163. The highest BCUT2D eigenvalue weighted by molar-refractivity contribution is 7.03. The average Bonchev–Trinajstić information content (AvgIpc) is 3.06. The van der Waals surface area contributed by atoms with Crippen molar-refractivity contribution in [2.75, 3.05) is 13.7 Å². The predicted molar refractivity (Wildman–Crippen MR) is 65.2 cm³/mol. The Hall–Kier alpha value is -1.50. The highest BCUT2D eigenvalue weighted by atomic mass is 32.1. The van der Waals surface area contributed by atoms with Crippen LogP contribution in [0.4, 0.5) is 0 Å². The van der Waals surface area contributed by atoms with Crippen molar-refractivity contribution >= 4 is 23.4 Å². The van der Waals surface area contributed by atoms with Gasteiger partial charge in [-0.25, -0.2) is 0 Å². The van der Waals surface area contributed by atoms with Crippen LogP contribution in [0.15, 0.2) is 5.38 Å². The maximum Gasteiger partial charge on any atom is 0.325 e. The Kier molecular flexibility index (Phi) is 4.24. The van der Waals surface area contributed by atoms with Crippen LogP contribution in [0.5, 0.6) is 0 Å². The van der Waals surface area contributed by atoms with Gasteiger partial charge in [-0.2, -0.15) is 0 Å². The molecular formula is C11H15N3O3S. The summed E-state index contributed by atoms with van der Waals surface area (Å²) in [7, 11) is 1.32. The van der Waals surface area contributed by atoms with Gasteiger partial charge in [0.05, 0.1) is 7.11 Å². The fourth-order valence-electron chi connectivity index (χ4n) is 2.19. The molecule has 1 aliphatic rings. The van der Waals surface area contributed by atoms with Gasteiger partial charge in [0.25, 0.3) is 5.91 Å². The van der Waals surface area contributed by atoms with Gasteiger partial charge in [0, 0.05) is 11.4 Å². The topological polar surface area (TPSA) is 72.4 Å². The van der Waals surface area contributed by atoms with Crippen LogP contribution in [0.25, 0.3) is 0 Å². The monoisotopic (exact) mass is 269 g/mol. The third-order valence-corrected chi connectivity index (χ3v) is 3.64. The summed E-state index contributed by atoms with van der Waals surface area (Å²) in [5, 5.41) is 5.37. The molecule has 0 saturated heterocycles. The second-order valence-corrected chi connectivity index (χ2v) is 4.85. The number of carbonyl (C=O) groups excluding carboxylic acids is 2. The standard InChI is InChI=1S/C11H15N3O3S/c1-17-10(15)6-14(8-4-2-3-5-8)11(16)9-7-18-13-12-9/h7-8H,2-6H2,1H3. The van der Waals surface area contributed by atoms with Crippen LogP contribution >= 0.6 is 11.5 Å². The zero-order chi connectivity index (χ0) is 13.0. The quantitative estimate of drug-likeness (QED) is 0.765. The fraction of sp³-hybridized carbons (Fsp3) is 0.636. The first kappa shape index (κ1) is 12.9. The normalized spacial score (nSPS) is 15.6. The summed E-state index contributed by atoms with van der Waals surface area (Å²) in [6.07, 6.45) is 4.04. The molecule has 1 saturated carbocycles. The summed E-state index contributed by atoms with van der Waals surface area (Å²) in [4.78, 5) is 25.2. The highest BCUT2D eigenvalue weighted by Crippen LogP contribution is 2.24. The van der Waals surface area contributed by atoms with Crippen molar-refractivity contribution in [3.63, 3.8) is 0 Å². The molecule has 0 unspecified atom stereocenters. The lowest BCUT2D eigenvalue weighted by molar-refractivity contribution is -0.141. The van der Waals surface area contributed by atoms with Crippen molar-refractivity contribution in [2.45, 2.75) is 31.7 Å². The summed E-state index contributed by atoms with van der Waals surface area (Å²) in [6, 6.07) is 0.110. The molecule has 1 aliphatic carbocycles. The van der Waals surface area contributed by atoms with E-state index in [0.29, 0.717) is 5.69 Å². The maximum absolute atomic E-state index is 12.3. The largest absolute Gasteiger partial charge is 0.468 e. The molecule has 0 aromatic carbocycles. The smallest absolute Gasteiger partial charge is 0.325 e. The van der Waals surface area contributed by atoms with E-state index in [1.807, 2.05) is 0 Å². The van der Waals surface area contributed by atoms with Crippen molar-refractivity contribution in [3.8, 4) is 0 Å². The van der Waals surface area contributed by atoms with Crippen LogP contribution in [-0.4, -0.2) is 46.1 Å². The second-order valence-electron chi connectivity index (χ2n) is 4.24. The first-order valence-corrected chi connectivity index (χ1v) is 6.71. The number of hydrogen-bond acceptors (Lipinski definition) is 6. The maximum atomic E-state index is 12.3. The van der Waals surface area contributed by atoms with Gasteiger partial charge in [-0.3, -0.25) is 9.59 Å². The van der Waals surface area contributed by atoms with E-state index in [-0.39, 0.29) is 18.5 Å². The molecule has 0 spiro atoms. The minimum Gasteiger partial charge on any atom is -0.468 e. The van der Waals surface area contributed by atoms with E-state index >= 15 is 0 Å². The van der Waals surface area contributed by atoms with Crippen LogP contribution in [0.3, 0.4) is 0 Å². The lowest BCUT2D eigenvalue weighted by Crippen LogP contribution is -2.42. The molecule has 1 aromatic heterocycles. The first-order chi connectivity index (χ1) is 8.72. The van der Waals surface area contributed by atoms with Gasteiger partial charge in [-0.05, 0) is 24.4 Å². The number of hydrogen-bond donors (Lipinski definition) is 0. The number of methoxy groups -OCH3 is 1. The van der Waals surface area contributed by atoms with Gasteiger partial charge in [-0.1, -0.05) is 17.3 Å². The Morgan fingerprint density at radius 3 is 2.78 bits per heavy atom. The van der Waals surface area contributed by atoms with Crippen LogP contribution in [0.1, 0.15) is 36.2 Å². The predicted octanol–water partition coefficient (Wildman–Crippen LogP) is 1.10. The lowest BCUT2D eigenvalue weighted by atomic mass is 10.2. The molecule has 0 aliphatic heterocycles. The van der Waals surface area contributed by atoms with Crippen molar-refractivity contribution in [3.05, 3.63) is 11.1 Å². The summed E-state index contributed by atoms with van der Waals surface area (Å²) in [5.41, 5.74) is 0.302. The SMILES string of the molecule is COC(=O)CN(C(=O)c1csnn1)C1CCCC1. The van der Waals surface area contributed by atoms with E-state index in [0.717, 1.165) is 37.2 Å². The minimum atomic E-state index is -0.404.